The molecule has 0 unspecified atom stereocenters. The largest absolute Gasteiger partial charge is 0.356 e. The molecule has 0 bridgehead atoms. The number of nitrogens with one attached hydrogen (secondary N) is 3. The van der Waals surface area contributed by atoms with E-state index in [0.717, 1.165) is 42.3 Å². The van der Waals surface area contributed by atoms with Crippen LogP contribution >= 0.6 is 0 Å². The highest BCUT2D eigenvalue weighted by molar-refractivity contribution is 5.95. The van der Waals surface area contributed by atoms with Gasteiger partial charge in [0.25, 0.3) is 0 Å². The van der Waals surface area contributed by atoms with Gasteiger partial charge in [0.1, 0.15) is 0 Å². The second-order valence-corrected chi connectivity index (χ2v) is 4.94. The molecule has 2 aromatic carbocycles. The number of amides is 1. The zero-order valence-electron chi connectivity index (χ0n) is 12.1. The van der Waals surface area contributed by atoms with Crippen LogP contribution in [0.1, 0.15) is 6.42 Å². The van der Waals surface area contributed by atoms with Gasteiger partial charge in [0, 0.05) is 30.4 Å². The minimum Gasteiger partial charge on any atom is -0.356 e. The van der Waals surface area contributed by atoms with Crippen LogP contribution in [0.4, 0.5) is 11.4 Å². The molecule has 3 rings (SSSR count). The number of para-hydroxylation sites is 1. The molecule has 1 aliphatic heterocycles. The number of carbonyl (C=O) groups excluding carboxylic acids is 1. The first-order valence-electron chi connectivity index (χ1n) is 7.23. The standard InChI is InChI=1S/C17H17N4O/c22-12-20-16-8-2-1-7-15(16)13-5-3-6-14(11-13)21-17-18-9-4-10-19-17/h1-3,5-7,11-12H,4,9-10H2,(H,20,22)(H2,18,19,21). The lowest BCUT2D eigenvalue weighted by atomic mass is 10.0. The van der Waals surface area contributed by atoms with Crippen LogP contribution in [-0.4, -0.2) is 25.5 Å². The number of guanidine groups is 1. The van der Waals surface area contributed by atoms with E-state index >= 15 is 0 Å². The molecule has 5 nitrogen and oxygen atoms in total. The van der Waals surface area contributed by atoms with E-state index in [1.807, 2.05) is 36.4 Å². The molecule has 1 amide bonds. The highest BCUT2D eigenvalue weighted by Crippen LogP contribution is 2.28. The summed E-state index contributed by atoms with van der Waals surface area (Å²) in [4.78, 5) is 15.1. The molecule has 0 atom stereocenters. The Morgan fingerprint density at radius 3 is 3.05 bits per heavy atom. The van der Waals surface area contributed by atoms with Crippen molar-refractivity contribution in [2.45, 2.75) is 6.42 Å². The monoisotopic (exact) mass is 293 g/mol. The van der Waals surface area contributed by atoms with E-state index in [1.165, 1.54) is 0 Å². The maximum atomic E-state index is 10.7. The molecular formula is C17H17N4O. The second-order valence-electron chi connectivity index (χ2n) is 4.94. The van der Waals surface area contributed by atoms with Crippen LogP contribution < -0.4 is 16.0 Å². The molecule has 5 heteroatoms. The van der Waals surface area contributed by atoms with Crippen LogP contribution in [0.15, 0.2) is 47.5 Å². The Bertz CT molecular complexity index is 697. The van der Waals surface area contributed by atoms with Crippen LogP contribution in [0.3, 0.4) is 0 Å². The van der Waals surface area contributed by atoms with Crippen LogP contribution in [-0.2, 0) is 4.79 Å². The predicted octanol–water partition coefficient (Wildman–Crippen LogP) is 2.48. The maximum Gasteiger partial charge on any atom is 0.211 e. The van der Waals surface area contributed by atoms with E-state index in [4.69, 9.17) is 0 Å². The first kappa shape index (κ1) is 14.1. The molecule has 0 fully saturated rings. The van der Waals surface area contributed by atoms with Gasteiger partial charge in [-0.05, 0) is 24.1 Å². The predicted molar refractivity (Wildman–Crippen MR) is 88.9 cm³/mol. The summed E-state index contributed by atoms with van der Waals surface area (Å²) in [5.74, 6) is 0.800. The third kappa shape index (κ3) is 3.25. The van der Waals surface area contributed by atoms with Gasteiger partial charge in [0.05, 0.1) is 5.69 Å². The number of anilines is 2. The van der Waals surface area contributed by atoms with E-state index in [-0.39, 0.29) is 0 Å². The summed E-state index contributed by atoms with van der Waals surface area (Å²) in [6, 6.07) is 16.7. The third-order valence-electron chi connectivity index (χ3n) is 3.39. The van der Waals surface area contributed by atoms with Gasteiger partial charge >= 0.3 is 0 Å². The molecule has 2 aromatic rings. The van der Waals surface area contributed by atoms with Crippen LogP contribution in [0.5, 0.6) is 0 Å². The van der Waals surface area contributed by atoms with Gasteiger partial charge in [-0.2, -0.15) is 0 Å². The van der Waals surface area contributed by atoms with E-state index in [2.05, 4.69) is 27.0 Å². The van der Waals surface area contributed by atoms with E-state index in [9.17, 15) is 4.79 Å². The molecule has 0 aromatic heterocycles. The lowest BCUT2D eigenvalue weighted by Crippen LogP contribution is -2.35. The number of hydrogen-bond acceptors (Lipinski definition) is 4. The molecular weight excluding hydrogens is 276 g/mol. The normalized spacial score (nSPS) is 13.7. The molecule has 0 spiro atoms. The molecule has 1 aliphatic rings. The summed E-state index contributed by atoms with van der Waals surface area (Å²) in [6.45, 7) is 1.78. The Labute approximate surface area is 129 Å². The quantitative estimate of drug-likeness (QED) is 0.759. The zero-order chi connectivity index (χ0) is 15.2. The van der Waals surface area contributed by atoms with Gasteiger partial charge in [-0.1, -0.05) is 30.3 Å². The van der Waals surface area contributed by atoms with Crippen molar-refractivity contribution < 1.29 is 4.79 Å². The van der Waals surface area contributed by atoms with Gasteiger partial charge in [-0.25, -0.2) is 0 Å². The third-order valence-corrected chi connectivity index (χ3v) is 3.39. The van der Waals surface area contributed by atoms with Gasteiger partial charge < -0.3 is 16.0 Å². The van der Waals surface area contributed by atoms with Gasteiger partial charge in [-0.15, -0.1) is 0 Å². The Morgan fingerprint density at radius 2 is 2.23 bits per heavy atom. The second kappa shape index (κ2) is 6.76. The average molecular weight is 293 g/mol. The molecule has 0 saturated carbocycles. The Kier molecular flexibility index (Phi) is 4.34. The Hall–Kier alpha value is -2.82. The van der Waals surface area contributed by atoms with E-state index in [1.54, 1.807) is 6.07 Å². The SMILES string of the molecule is O=CNc1[c]cccc1-c1cccc(NC2=NCCCN2)c1. The fraction of sp³-hybridized carbons (Fsp3) is 0.176. The van der Waals surface area contributed by atoms with Crippen molar-refractivity contribution in [2.24, 2.45) is 4.99 Å². The summed E-state index contributed by atoms with van der Waals surface area (Å²) in [6.07, 6.45) is 1.73. The van der Waals surface area contributed by atoms with Crippen LogP contribution in [0.2, 0.25) is 0 Å². The smallest absolute Gasteiger partial charge is 0.211 e. The van der Waals surface area contributed by atoms with Crippen molar-refractivity contribution in [3.05, 3.63) is 48.5 Å². The summed E-state index contributed by atoms with van der Waals surface area (Å²) in [5, 5.41) is 9.20. The molecule has 0 saturated heterocycles. The molecule has 0 aliphatic carbocycles. The lowest BCUT2D eigenvalue weighted by molar-refractivity contribution is -0.105. The number of carbonyl (C=O) groups is 1. The number of nitrogens with zero attached hydrogens (tertiary/aromatic N) is 1. The van der Waals surface area contributed by atoms with Crippen molar-refractivity contribution in [1.29, 1.82) is 0 Å². The summed E-state index contributed by atoms with van der Waals surface area (Å²) >= 11 is 0. The number of aliphatic imine (C=N–C) groups is 1. The summed E-state index contributed by atoms with van der Waals surface area (Å²) in [5.41, 5.74) is 3.55. The first-order chi connectivity index (χ1) is 10.9. The number of hydrogen-bond donors (Lipinski definition) is 3. The fourth-order valence-corrected chi connectivity index (χ4v) is 2.37. The van der Waals surface area contributed by atoms with Crippen molar-refractivity contribution in [3.63, 3.8) is 0 Å². The van der Waals surface area contributed by atoms with E-state index < -0.39 is 0 Å². The molecule has 22 heavy (non-hydrogen) atoms. The lowest BCUT2D eigenvalue weighted by Gasteiger charge is -2.16. The van der Waals surface area contributed by atoms with Crippen LogP contribution in [0, 0.1) is 6.07 Å². The van der Waals surface area contributed by atoms with Gasteiger partial charge in [-0.3, -0.25) is 9.79 Å². The number of rotatable bonds is 4. The van der Waals surface area contributed by atoms with Crippen molar-refractivity contribution >= 4 is 23.7 Å². The fourth-order valence-electron chi connectivity index (χ4n) is 2.37. The minimum absolute atomic E-state index is 0.665. The zero-order valence-corrected chi connectivity index (χ0v) is 12.1. The van der Waals surface area contributed by atoms with Gasteiger partial charge in [0.2, 0.25) is 6.41 Å². The molecule has 3 N–H and O–H groups in total. The maximum absolute atomic E-state index is 10.7. The Balaban J connectivity index is 1.87. The number of benzene rings is 2. The summed E-state index contributed by atoms with van der Waals surface area (Å²) < 4.78 is 0. The summed E-state index contributed by atoms with van der Waals surface area (Å²) in [7, 11) is 0. The van der Waals surface area contributed by atoms with Crippen molar-refractivity contribution in [2.75, 3.05) is 23.7 Å². The first-order valence-corrected chi connectivity index (χ1v) is 7.23. The Morgan fingerprint density at radius 1 is 1.27 bits per heavy atom. The highest BCUT2D eigenvalue weighted by atomic mass is 16.1. The molecule has 1 radical (unpaired) electrons. The molecule has 111 valence electrons. The highest BCUT2D eigenvalue weighted by Gasteiger charge is 2.07. The van der Waals surface area contributed by atoms with Gasteiger partial charge in [0.15, 0.2) is 5.96 Å². The average Bonchev–Trinajstić information content (AvgIpc) is 2.57. The topological polar surface area (TPSA) is 65.5 Å². The van der Waals surface area contributed by atoms with E-state index in [0.29, 0.717) is 12.1 Å². The van der Waals surface area contributed by atoms with Crippen molar-refractivity contribution in [3.8, 4) is 11.1 Å². The van der Waals surface area contributed by atoms with Crippen molar-refractivity contribution in [1.82, 2.24) is 5.32 Å². The minimum atomic E-state index is 0.665. The van der Waals surface area contributed by atoms with Crippen LogP contribution in [0.25, 0.3) is 11.1 Å². The molecule has 1 heterocycles.